The second-order valence-electron chi connectivity index (χ2n) is 5.40. The lowest BCUT2D eigenvalue weighted by Gasteiger charge is -2.14. The normalized spacial score (nSPS) is 15.5. The second kappa shape index (κ2) is 9.67. The molecule has 3 N–H and O–H groups in total. The van der Waals surface area contributed by atoms with Crippen LogP contribution in [-0.4, -0.2) is 50.3 Å². The van der Waals surface area contributed by atoms with Crippen LogP contribution < -0.4 is 5.32 Å². The number of aromatic hydroxyl groups is 1. The quantitative estimate of drug-likeness (QED) is 0.362. The number of rotatable bonds is 7. The van der Waals surface area contributed by atoms with E-state index in [0.717, 1.165) is 16.2 Å². The second-order valence-corrected chi connectivity index (χ2v) is 8.85. The van der Waals surface area contributed by atoms with E-state index in [9.17, 15) is 19.5 Å². The molecular weight excluding hydrogens is 524 g/mol. The number of amides is 2. The molecule has 27 heavy (non-hydrogen) atoms. The van der Waals surface area contributed by atoms with E-state index in [1.165, 1.54) is 11.0 Å². The number of carboxylic acid groups (broad SMARTS) is 1. The Morgan fingerprint density at radius 1 is 1.30 bits per heavy atom. The van der Waals surface area contributed by atoms with Gasteiger partial charge in [0.05, 0.1) is 15.8 Å². The van der Waals surface area contributed by atoms with Gasteiger partial charge in [-0.1, -0.05) is 39.9 Å². The number of hydrogen-bond acceptors (Lipinski definition) is 6. The van der Waals surface area contributed by atoms with Gasteiger partial charge in [0.2, 0.25) is 5.91 Å². The summed E-state index contributed by atoms with van der Waals surface area (Å²) >= 11 is 12.9. The van der Waals surface area contributed by atoms with Crippen molar-refractivity contribution in [3.05, 3.63) is 31.5 Å². The minimum Gasteiger partial charge on any atom is -0.506 e. The third-order valence-electron chi connectivity index (χ3n) is 3.44. The van der Waals surface area contributed by atoms with Crippen molar-refractivity contribution in [1.29, 1.82) is 0 Å². The maximum absolute atomic E-state index is 12.6. The van der Waals surface area contributed by atoms with Crippen LogP contribution >= 0.6 is 55.8 Å². The van der Waals surface area contributed by atoms with E-state index in [1.54, 1.807) is 12.1 Å². The van der Waals surface area contributed by atoms with Crippen molar-refractivity contribution in [3.63, 3.8) is 0 Å². The molecule has 1 aliphatic rings. The smallest absolute Gasteiger partial charge is 0.305 e. The number of phenolic OH excluding ortho intramolecular Hbond substituents is 1. The molecule has 0 radical (unpaired) electrons. The van der Waals surface area contributed by atoms with E-state index in [2.05, 4.69) is 37.2 Å². The lowest BCUT2D eigenvalue weighted by molar-refractivity contribution is -0.136. The number of benzene rings is 1. The van der Waals surface area contributed by atoms with Crippen molar-refractivity contribution >= 4 is 84.0 Å². The summed E-state index contributed by atoms with van der Waals surface area (Å²) < 4.78 is 1.53. The van der Waals surface area contributed by atoms with E-state index < -0.39 is 5.97 Å². The van der Waals surface area contributed by atoms with Crippen LogP contribution in [-0.2, 0) is 14.4 Å². The van der Waals surface area contributed by atoms with E-state index in [0.29, 0.717) is 19.3 Å². The fourth-order valence-electron chi connectivity index (χ4n) is 2.14. The molecule has 1 aliphatic heterocycles. The molecule has 2 amide bonds. The van der Waals surface area contributed by atoms with Crippen LogP contribution in [0.5, 0.6) is 5.75 Å². The number of thiocarbonyl (C=S) groups is 1. The Morgan fingerprint density at radius 2 is 2.00 bits per heavy atom. The van der Waals surface area contributed by atoms with Crippen LogP contribution in [0.15, 0.2) is 26.0 Å². The summed E-state index contributed by atoms with van der Waals surface area (Å²) in [5.41, 5.74) is 0.447. The van der Waals surface area contributed by atoms with Crippen LogP contribution in [0.25, 0.3) is 6.08 Å². The first-order chi connectivity index (χ1) is 12.7. The van der Waals surface area contributed by atoms with Crippen molar-refractivity contribution in [2.24, 2.45) is 0 Å². The average molecular weight is 538 g/mol. The number of carbonyl (C=O) groups is 3. The highest BCUT2D eigenvalue weighted by Gasteiger charge is 2.32. The zero-order valence-electron chi connectivity index (χ0n) is 13.7. The monoisotopic (exact) mass is 536 g/mol. The number of nitrogens with one attached hydrogen (secondary N) is 1. The summed E-state index contributed by atoms with van der Waals surface area (Å²) in [6, 6.07) is 3.35. The van der Waals surface area contributed by atoms with Crippen molar-refractivity contribution in [2.75, 3.05) is 13.1 Å². The fraction of sp³-hybridized carbons (Fsp3) is 0.250. The number of carboxylic acids is 1. The number of hydrogen-bond donors (Lipinski definition) is 3. The van der Waals surface area contributed by atoms with Crippen LogP contribution in [0.3, 0.4) is 0 Å². The number of phenols is 1. The van der Waals surface area contributed by atoms with Crippen LogP contribution in [0.1, 0.15) is 18.4 Å². The highest BCUT2D eigenvalue weighted by atomic mass is 79.9. The molecule has 0 spiro atoms. The van der Waals surface area contributed by atoms with Gasteiger partial charge in [-0.2, -0.15) is 0 Å². The van der Waals surface area contributed by atoms with E-state index in [-0.39, 0.29) is 43.5 Å². The predicted molar refractivity (Wildman–Crippen MR) is 113 cm³/mol. The van der Waals surface area contributed by atoms with Gasteiger partial charge < -0.3 is 15.5 Å². The van der Waals surface area contributed by atoms with Crippen LogP contribution in [0.4, 0.5) is 0 Å². The molecule has 2 rings (SSSR count). The molecule has 11 heteroatoms. The minimum atomic E-state index is -1.00. The Hall–Kier alpha value is -1.43. The van der Waals surface area contributed by atoms with Gasteiger partial charge in [0.15, 0.2) is 0 Å². The van der Waals surface area contributed by atoms with E-state index in [4.69, 9.17) is 17.3 Å². The summed E-state index contributed by atoms with van der Waals surface area (Å²) in [4.78, 5) is 36.4. The average Bonchev–Trinajstić information content (AvgIpc) is 2.83. The van der Waals surface area contributed by atoms with Gasteiger partial charge in [0.1, 0.15) is 10.1 Å². The van der Waals surface area contributed by atoms with Gasteiger partial charge in [0, 0.05) is 29.5 Å². The van der Waals surface area contributed by atoms with Crippen LogP contribution in [0, 0.1) is 0 Å². The molecule has 0 aliphatic carbocycles. The molecule has 0 atom stereocenters. The first kappa shape index (κ1) is 21.9. The summed E-state index contributed by atoms with van der Waals surface area (Å²) in [6.07, 6.45) is 1.38. The third-order valence-corrected chi connectivity index (χ3v) is 5.88. The number of aliphatic carboxylic acids is 1. The van der Waals surface area contributed by atoms with Crippen molar-refractivity contribution < 1.29 is 24.6 Å². The van der Waals surface area contributed by atoms with Crippen molar-refractivity contribution in [2.45, 2.75) is 12.8 Å². The van der Waals surface area contributed by atoms with Gasteiger partial charge in [0.25, 0.3) is 5.91 Å². The summed E-state index contributed by atoms with van der Waals surface area (Å²) in [5.74, 6) is -1.71. The third kappa shape index (κ3) is 6.03. The van der Waals surface area contributed by atoms with Gasteiger partial charge in [-0.15, -0.1) is 0 Å². The Kier molecular flexibility index (Phi) is 7.83. The molecule has 0 unspecified atom stereocenters. The highest BCUT2D eigenvalue weighted by molar-refractivity contribution is 9.11. The molecule has 1 fully saturated rings. The molecule has 7 nitrogen and oxygen atoms in total. The maximum atomic E-state index is 12.6. The van der Waals surface area contributed by atoms with E-state index >= 15 is 0 Å². The molecule has 1 aromatic carbocycles. The van der Waals surface area contributed by atoms with E-state index in [1.807, 2.05) is 0 Å². The molecule has 1 heterocycles. The summed E-state index contributed by atoms with van der Waals surface area (Å²) in [7, 11) is 0. The topological polar surface area (TPSA) is 107 Å². The zero-order valence-corrected chi connectivity index (χ0v) is 18.5. The lowest BCUT2D eigenvalue weighted by atomic mass is 10.2. The molecule has 0 aromatic heterocycles. The standard InChI is InChI=1S/C16H14Br2N2O5S2/c17-9-5-8(14(24)10(18)7-9)6-11-15(25)20(16(26)27-11)4-2-12(21)19-3-1-13(22)23/h5-7,24H,1-4H2,(H,19,21)(H,22,23)/b11-6-. The number of carbonyl (C=O) groups excluding carboxylic acids is 2. The van der Waals surface area contributed by atoms with Crippen molar-refractivity contribution in [3.8, 4) is 5.75 Å². The molecule has 0 saturated carbocycles. The first-order valence-electron chi connectivity index (χ1n) is 7.61. The molecule has 1 aromatic rings. The van der Waals surface area contributed by atoms with Crippen LogP contribution in [0.2, 0.25) is 0 Å². The predicted octanol–water partition coefficient (Wildman–Crippen LogP) is 3.10. The SMILES string of the molecule is O=C(O)CCNC(=O)CCN1C(=O)/C(=C/c2cc(Br)cc(Br)c2O)SC1=S. The zero-order chi connectivity index (χ0) is 20.1. The van der Waals surface area contributed by atoms with Gasteiger partial charge in [-0.05, 0) is 34.1 Å². The molecule has 0 bridgehead atoms. The van der Waals surface area contributed by atoms with Gasteiger partial charge in [-0.25, -0.2) is 0 Å². The number of halogens is 2. The largest absolute Gasteiger partial charge is 0.506 e. The lowest BCUT2D eigenvalue weighted by Crippen LogP contribution is -2.34. The summed E-state index contributed by atoms with van der Waals surface area (Å²) in [6.45, 7) is 0.124. The first-order valence-corrected chi connectivity index (χ1v) is 10.4. The minimum absolute atomic E-state index is 0.00118. The molecule has 144 valence electrons. The Balaban J connectivity index is 2.02. The highest BCUT2D eigenvalue weighted by Crippen LogP contribution is 2.37. The number of nitrogens with zero attached hydrogens (tertiary/aromatic N) is 1. The maximum Gasteiger partial charge on any atom is 0.305 e. The summed E-state index contributed by atoms with van der Waals surface area (Å²) in [5, 5.41) is 21.1. The fourth-order valence-corrected chi connectivity index (χ4v) is 4.70. The van der Waals surface area contributed by atoms with Gasteiger partial charge >= 0.3 is 5.97 Å². The number of thioether (sulfide) groups is 1. The Bertz CT molecular complexity index is 844. The Labute approximate surface area is 181 Å². The Morgan fingerprint density at radius 3 is 2.67 bits per heavy atom. The molecule has 1 saturated heterocycles. The molecular formula is C16H14Br2N2O5S2. The van der Waals surface area contributed by atoms with Crippen molar-refractivity contribution in [1.82, 2.24) is 10.2 Å². The van der Waals surface area contributed by atoms with Gasteiger partial charge in [-0.3, -0.25) is 19.3 Å².